The Labute approximate surface area is 129 Å². The number of amides is 1. The van der Waals surface area contributed by atoms with E-state index in [0.717, 1.165) is 25.8 Å². The molecule has 21 heavy (non-hydrogen) atoms. The normalized spacial score (nSPS) is 27.5. The maximum absolute atomic E-state index is 12.9. The third-order valence-electron chi connectivity index (χ3n) is 6.39. The van der Waals surface area contributed by atoms with E-state index in [0.29, 0.717) is 5.92 Å². The Balaban J connectivity index is 1.72. The summed E-state index contributed by atoms with van der Waals surface area (Å²) >= 11 is 0. The van der Waals surface area contributed by atoms with Crippen LogP contribution in [0.2, 0.25) is 0 Å². The molecular weight excluding hydrogens is 262 g/mol. The Kier molecular flexibility index (Phi) is 4.20. The van der Waals surface area contributed by atoms with Gasteiger partial charge in [-0.1, -0.05) is 33.1 Å². The van der Waals surface area contributed by atoms with Gasteiger partial charge in [-0.25, -0.2) is 4.79 Å². The summed E-state index contributed by atoms with van der Waals surface area (Å²) in [6, 6.07) is 0. The van der Waals surface area contributed by atoms with Crippen molar-refractivity contribution in [2.75, 3.05) is 6.54 Å². The van der Waals surface area contributed by atoms with Gasteiger partial charge in [0.25, 0.3) is 0 Å². The Morgan fingerprint density at radius 2 is 1.48 bits per heavy atom. The van der Waals surface area contributed by atoms with Crippen LogP contribution in [0.3, 0.4) is 0 Å². The van der Waals surface area contributed by atoms with Crippen LogP contribution in [0.5, 0.6) is 0 Å². The Hall–Kier alpha value is -0.730. The highest BCUT2D eigenvalue weighted by Gasteiger charge is 2.48. The van der Waals surface area contributed by atoms with Gasteiger partial charge in [0, 0.05) is 12.1 Å². The largest absolute Gasteiger partial charge is 0.443 e. The van der Waals surface area contributed by atoms with Gasteiger partial charge in [0.05, 0.1) is 0 Å². The Morgan fingerprint density at radius 1 is 0.905 bits per heavy atom. The van der Waals surface area contributed by atoms with Gasteiger partial charge in [0.1, 0.15) is 5.60 Å². The van der Waals surface area contributed by atoms with Crippen LogP contribution in [0.25, 0.3) is 0 Å². The zero-order valence-corrected chi connectivity index (χ0v) is 13.8. The van der Waals surface area contributed by atoms with Gasteiger partial charge in [-0.15, -0.1) is 0 Å². The van der Waals surface area contributed by atoms with Crippen LogP contribution in [0, 0.1) is 5.92 Å². The first-order valence-electron chi connectivity index (χ1n) is 9.09. The fourth-order valence-corrected chi connectivity index (χ4v) is 4.95. The highest BCUT2D eigenvalue weighted by Crippen LogP contribution is 2.44. The molecule has 2 aliphatic carbocycles. The van der Waals surface area contributed by atoms with E-state index in [9.17, 15) is 4.79 Å². The van der Waals surface area contributed by atoms with Gasteiger partial charge in [-0.3, -0.25) is 0 Å². The van der Waals surface area contributed by atoms with E-state index in [1.807, 2.05) is 0 Å². The molecule has 1 spiro atoms. The molecule has 1 heterocycles. The molecule has 0 bridgehead atoms. The van der Waals surface area contributed by atoms with Crippen molar-refractivity contribution in [2.24, 2.45) is 5.92 Å². The van der Waals surface area contributed by atoms with Gasteiger partial charge in [0.15, 0.2) is 0 Å². The summed E-state index contributed by atoms with van der Waals surface area (Å²) in [4.78, 5) is 15.0. The number of carbonyl (C=O) groups is 1. The van der Waals surface area contributed by atoms with E-state index in [-0.39, 0.29) is 17.2 Å². The molecular formula is C18H31NO2. The highest BCUT2D eigenvalue weighted by atomic mass is 16.6. The monoisotopic (exact) mass is 293 g/mol. The van der Waals surface area contributed by atoms with E-state index in [1.54, 1.807) is 0 Å². The third-order valence-corrected chi connectivity index (χ3v) is 6.39. The van der Waals surface area contributed by atoms with E-state index in [4.69, 9.17) is 4.74 Å². The fraction of sp³-hybridized carbons (Fsp3) is 0.944. The zero-order chi connectivity index (χ0) is 14.9. The van der Waals surface area contributed by atoms with Gasteiger partial charge < -0.3 is 9.64 Å². The lowest BCUT2D eigenvalue weighted by Crippen LogP contribution is -2.51. The van der Waals surface area contributed by atoms with E-state index in [2.05, 4.69) is 18.7 Å². The fourth-order valence-electron chi connectivity index (χ4n) is 4.95. The van der Waals surface area contributed by atoms with Gasteiger partial charge in [0.2, 0.25) is 0 Å². The van der Waals surface area contributed by atoms with E-state index < -0.39 is 0 Å². The molecule has 3 aliphatic rings. The highest BCUT2D eigenvalue weighted by molar-refractivity contribution is 5.70. The van der Waals surface area contributed by atoms with Gasteiger partial charge in [-0.05, 0) is 57.3 Å². The molecule has 120 valence electrons. The van der Waals surface area contributed by atoms with E-state index in [1.165, 1.54) is 51.4 Å². The molecule has 0 atom stereocenters. The summed E-state index contributed by atoms with van der Waals surface area (Å²) in [6.07, 6.45) is 13.1. The number of ether oxygens (including phenoxy) is 1. The molecule has 0 aromatic heterocycles. The predicted octanol–water partition coefficient (Wildman–Crippen LogP) is 4.89. The van der Waals surface area contributed by atoms with Crippen molar-refractivity contribution in [1.29, 1.82) is 0 Å². The summed E-state index contributed by atoms with van der Waals surface area (Å²) in [7, 11) is 0. The summed E-state index contributed by atoms with van der Waals surface area (Å²) in [5.41, 5.74) is -0.0400. The van der Waals surface area contributed by atoms with Crippen molar-refractivity contribution in [3.63, 3.8) is 0 Å². The quantitative estimate of drug-likeness (QED) is 0.725. The van der Waals surface area contributed by atoms with Gasteiger partial charge in [-0.2, -0.15) is 0 Å². The number of likely N-dealkylation sites (tertiary alicyclic amines) is 1. The number of rotatable bonds is 2. The standard InChI is InChI=1S/C18H31NO2/c1-15(2)18(12-6-7-13-18)21-16(20)19-14-8-11-17(19)9-4-3-5-10-17/h15H,3-14H2,1-2H3. The molecule has 3 fully saturated rings. The maximum Gasteiger partial charge on any atom is 0.410 e. The van der Waals surface area contributed by atoms with Crippen LogP contribution in [0.1, 0.15) is 84.5 Å². The van der Waals surface area contributed by atoms with Crippen LogP contribution >= 0.6 is 0 Å². The number of nitrogens with zero attached hydrogens (tertiary/aromatic N) is 1. The zero-order valence-electron chi connectivity index (χ0n) is 13.8. The van der Waals surface area contributed by atoms with Crippen molar-refractivity contribution in [1.82, 2.24) is 4.90 Å². The molecule has 0 N–H and O–H groups in total. The summed E-state index contributed by atoms with van der Waals surface area (Å²) in [6.45, 7) is 5.32. The van der Waals surface area contributed by atoms with Crippen molar-refractivity contribution in [3.8, 4) is 0 Å². The summed E-state index contributed by atoms with van der Waals surface area (Å²) < 4.78 is 6.16. The Morgan fingerprint density at radius 3 is 2.10 bits per heavy atom. The van der Waals surface area contributed by atoms with Crippen molar-refractivity contribution in [3.05, 3.63) is 0 Å². The van der Waals surface area contributed by atoms with Gasteiger partial charge >= 0.3 is 6.09 Å². The minimum absolute atomic E-state index is 0.00926. The minimum atomic E-state index is -0.185. The second-order valence-corrected chi connectivity index (χ2v) is 7.83. The first-order valence-corrected chi connectivity index (χ1v) is 9.09. The molecule has 0 aromatic carbocycles. The second kappa shape index (κ2) is 5.81. The lowest BCUT2D eigenvalue weighted by atomic mass is 9.80. The Bertz CT molecular complexity index is 379. The van der Waals surface area contributed by atoms with Crippen molar-refractivity contribution < 1.29 is 9.53 Å². The minimum Gasteiger partial charge on any atom is -0.443 e. The molecule has 1 saturated heterocycles. The third kappa shape index (κ3) is 2.68. The number of carbonyl (C=O) groups excluding carboxylic acids is 1. The lowest BCUT2D eigenvalue weighted by molar-refractivity contribution is -0.0486. The SMILES string of the molecule is CC(C)C1(OC(=O)N2CCCC23CCCCC3)CCCC1. The molecule has 3 rings (SSSR count). The molecule has 3 heteroatoms. The molecule has 1 aliphatic heterocycles. The molecule has 0 unspecified atom stereocenters. The molecule has 3 nitrogen and oxygen atoms in total. The molecule has 0 aromatic rings. The molecule has 1 amide bonds. The molecule has 0 radical (unpaired) electrons. The first kappa shape index (κ1) is 15.2. The smallest absolute Gasteiger partial charge is 0.410 e. The van der Waals surface area contributed by atoms with Crippen LogP contribution in [-0.2, 0) is 4.74 Å². The van der Waals surface area contributed by atoms with E-state index >= 15 is 0 Å². The van der Waals surface area contributed by atoms with Crippen LogP contribution in [-0.4, -0.2) is 28.7 Å². The number of hydrogen-bond acceptors (Lipinski definition) is 2. The van der Waals surface area contributed by atoms with Crippen LogP contribution in [0.15, 0.2) is 0 Å². The topological polar surface area (TPSA) is 29.5 Å². The van der Waals surface area contributed by atoms with Crippen LogP contribution in [0.4, 0.5) is 4.79 Å². The molecule has 2 saturated carbocycles. The number of hydrogen-bond donors (Lipinski definition) is 0. The van der Waals surface area contributed by atoms with Crippen molar-refractivity contribution in [2.45, 2.75) is 95.6 Å². The average molecular weight is 293 g/mol. The summed E-state index contributed by atoms with van der Waals surface area (Å²) in [5, 5.41) is 0. The maximum atomic E-state index is 12.9. The van der Waals surface area contributed by atoms with Crippen molar-refractivity contribution >= 4 is 6.09 Å². The predicted molar refractivity (Wildman–Crippen MR) is 84.3 cm³/mol. The first-order chi connectivity index (χ1) is 10.1. The van der Waals surface area contributed by atoms with Crippen LogP contribution < -0.4 is 0 Å². The second-order valence-electron chi connectivity index (χ2n) is 7.83. The summed E-state index contributed by atoms with van der Waals surface area (Å²) in [5.74, 6) is 0.425. The average Bonchev–Trinajstić information content (AvgIpc) is 3.08. The lowest BCUT2D eigenvalue weighted by Gasteiger charge is -2.43.